The van der Waals surface area contributed by atoms with Gasteiger partial charge in [-0.15, -0.1) is 0 Å². The highest BCUT2D eigenvalue weighted by Crippen LogP contribution is 2.20. The molecule has 0 spiro atoms. The van der Waals surface area contributed by atoms with Crippen LogP contribution < -0.4 is 10.5 Å². The molecule has 0 fully saturated rings. The molecule has 2 aromatic carbocycles. The molecule has 2 rings (SSSR count). The van der Waals surface area contributed by atoms with Crippen LogP contribution in [0.2, 0.25) is 5.02 Å². The Morgan fingerprint density at radius 3 is 2.67 bits per heavy atom. The third-order valence-corrected chi connectivity index (χ3v) is 3.24. The van der Waals surface area contributed by atoms with Crippen molar-refractivity contribution in [3.63, 3.8) is 0 Å². The molecular weight excluding hydrogens is 290 g/mol. The Morgan fingerprint density at radius 1 is 1.19 bits per heavy atom. The zero-order valence-corrected chi connectivity index (χ0v) is 12.4. The number of ether oxygens (including phenoxy) is 2. The Bertz CT molecular complexity index is 643. The van der Waals surface area contributed by atoms with Crippen molar-refractivity contribution in [2.45, 2.75) is 6.92 Å². The molecular formula is C16H16ClNO3. The van der Waals surface area contributed by atoms with E-state index >= 15 is 0 Å². The number of esters is 1. The van der Waals surface area contributed by atoms with Crippen LogP contribution in [0, 0.1) is 6.92 Å². The molecule has 110 valence electrons. The Morgan fingerprint density at radius 2 is 1.95 bits per heavy atom. The highest BCUT2D eigenvalue weighted by Gasteiger charge is 2.09. The molecule has 5 heteroatoms. The summed E-state index contributed by atoms with van der Waals surface area (Å²) in [6.45, 7) is 2.41. The molecule has 0 aliphatic rings. The minimum atomic E-state index is -0.452. The average Bonchev–Trinajstić information content (AvgIpc) is 2.48. The van der Waals surface area contributed by atoms with Gasteiger partial charge in [0, 0.05) is 0 Å². The van der Waals surface area contributed by atoms with Crippen molar-refractivity contribution in [2.75, 3.05) is 18.9 Å². The van der Waals surface area contributed by atoms with E-state index in [1.54, 1.807) is 12.1 Å². The quantitative estimate of drug-likeness (QED) is 0.522. The molecule has 0 unspecified atom stereocenters. The lowest BCUT2D eigenvalue weighted by Crippen LogP contribution is -2.13. The van der Waals surface area contributed by atoms with Gasteiger partial charge >= 0.3 is 5.97 Å². The number of anilines is 1. The smallest absolute Gasteiger partial charge is 0.338 e. The van der Waals surface area contributed by atoms with Crippen molar-refractivity contribution in [3.8, 4) is 5.75 Å². The lowest BCUT2D eigenvalue weighted by atomic mass is 10.2. The minimum absolute atomic E-state index is 0.162. The number of aryl methyl sites for hydroxylation is 1. The van der Waals surface area contributed by atoms with E-state index in [9.17, 15) is 4.79 Å². The molecule has 0 atom stereocenters. The lowest BCUT2D eigenvalue weighted by molar-refractivity contribution is 0.0450. The summed E-state index contributed by atoms with van der Waals surface area (Å²) in [7, 11) is 0. The number of nitrogen functional groups attached to an aromatic ring is 1. The van der Waals surface area contributed by atoms with Gasteiger partial charge in [0.25, 0.3) is 0 Å². The summed E-state index contributed by atoms with van der Waals surface area (Å²) in [6.07, 6.45) is 0. The van der Waals surface area contributed by atoms with E-state index < -0.39 is 5.97 Å². The number of hydrogen-bond acceptors (Lipinski definition) is 4. The summed E-state index contributed by atoms with van der Waals surface area (Å²) in [6, 6.07) is 12.3. The highest BCUT2D eigenvalue weighted by atomic mass is 35.5. The largest absolute Gasteiger partial charge is 0.490 e. The predicted octanol–water partition coefficient (Wildman–Crippen LogP) is 3.47. The molecule has 0 radical (unpaired) electrons. The summed E-state index contributed by atoms with van der Waals surface area (Å²) in [4.78, 5) is 11.8. The van der Waals surface area contributed by atoms with Crippen LogP contribution in [-0.4, -0.2) is 19.2 Å². The first-order valence-corrected chi connectivity index (χ1v) is 6.86. The van der Waals surface area contributed by atoms with Gasteiger partial charge in [0.1, 0.15) is 19.0 Å². The van der Waals surface area contributed by atoms with Crippen LogP contribution in [0.5, 0.6) is 5.75 Å². The topological polar surface area (TPSA) is 61.5 Å². The number of hydrogen-bond donors (Lipinski definition) is 1. The molecule has 21 heavy (non-hydrogen) atoms. The summed E-state index contributed by atoms with van der Waals surface area (Å²) in [5.41, 5.74) is 7.40. The third kappa shape index (κ3) is 4.13. The lowest BCUT2D eigenvalue weighted by Gasteiger charge is -2.09. The third-order valence-electron chi connectivity index (χ3n) is 2.90. The number of rotatable bonds is 5. The van der Waals surface area contributed by atoms with Crippen molar-refractivity contribution in [3.05, 3.63) is 58.6 Å². The monoisotopic (exact) mass is 305 g/mol. The maximum Gasteiger partial charge on any atom is 0.338 e. The van der Waals surface area contributed by atoms with Gasteiger partial charge in [-0.3, -0.25) is 0 Å². The SMILES string of the molecule is Cc1ccccc1OCCOC(=O)c1ccc(Cl)c(N)c1. The maximum absolute atomic E-state index is 11.8. The fourth-order valence-electron chi connectivity index (χ4n) is 1.76. The fraction of sp³-hybridized carbons (Fsp3) is 0.188. The first-order chi connectivity index (χ1) is 10.1. The molecule has 0 amide bonds. The Balaban J connectivity index is 1.82. The summed E-state index contributed by atoms with van der Waals surface area (Å²) < 4.78 is 10.7. The summed E-state index contributed by atoms with van der Waals surface area (Å²) in [5.74, 6) is 0.330. The molecule has 0 heterocycles. The van der Waals surface area contributed by atoms with Crippen LogP contribution >= 0.6 is 11.6 Å². The van der Waals surface area contributed by atoms with Crippen LogP contribution in [0.1, 0.15) is 15.9 Å². The molecule has 0 saturated carbocycles. The molecule has 4 nitrogen and oxygen atoms in total. The maximum atomic E-state index is 11.8. The van der Waals surface area contributed by atoms with Gasteiger partial charge in [0.15, 0.2) is 0 Å². The van der Waals surface area contributed by atoms with E-state index in [4.69, 9.17) is 26.8 Å². The number of halogens is 1. The molecule has 2 N–H and O–H groups in total. The van der Waals surface area contributed by atoms with Gasteiger partial charge in [-0.2, -0.15) is 0 Å². The standard InChI is InChI=1S/C16H16ClNO3/c1-11-4-2-3-5-15(11)20-8-9-21-16(19)12-6-7-13(17)14(18)10-12/h2-7,10H,8-9,18H2,1H3. The van der Waals surface area contributed by atoms with E-state index in [0.717, 1.165) is 11.3 Å². The fourth-order valence-corrected chi connectivity index (χ4v) is 1.88. The van der Waals surface area contributed by atoms with Crippen molar-refractivity contribution < 1.29 is 14.3 Å². The average molecular weight is 306 g/mol. The number of carbonyl (C=O) groups excluding carboxylic acids is 1. The molecule has 0 aliphatic heterocycles. The molecule has 0 aromatic heterocycles. The normalized spacial score (nSPS) is 10.2. The van der Waals surface area contributed by atoms with Crippen molar-refractivity contribution in [2.24, 2.45) is 0 Å². The van der Waals surface area contributed by atoms with E-state index in [1.165, 1.54) is 6.07 Å². The van der Waals surface area contributed by atoms with Gasteiger partial charge < -0.3 is 15.2 Å². The molecule has 0 aliphatic carbocycles. The number of carbonyl (C=O) groups is 1. The number of benzene rings is 2. The van der Waals surface area contributed by atoms with Crippen LogP contribution in [0.3, 0.4) is 0 Å². The summed E-state index contributed by atoms with van der Waals surface area (Å²) >= 11 is 5.80. The predicted molar refractivity (Wildman–Crippen MR) is 82.8 cm³/mol. The number of para-hydroxylation sites is 1. The van der Waals surface area contributed by atoms with Gasteiger partial charge in [-0.25, -0.2) is 4.79 Å². The van der Waals surface area contributed by atoms with E-state index in [0.29, 0.717) is 22.9 Å². The zero-order chi connectivity index (χ0) is 15.2. The first-order valence-electron chi connectivity index (χ1n) is 6.48. The number of nitrogens with two attached hydrogens (primary N) is 1. The van der Waals surface area contributed by atoms with Gasteiger partial charge in [-0.05, 0) is 36.8 Å². The second-order valence-corrected chi connectivity index (χ2v) is 4.89. The van der Waals surface area contributed by atoms with Gasteiger partial charge in [0.05, 0.1) is 16.3 Å². The Labute approximate surface area is 128 Å². The summed E-state index contributed by atoms with van der Waals surface area (Å²) in [5, 5.41) is 0.412. The van der Waals surface area contributed by atoms with E-state index in [1.807, 2.05) is 31.2 Å². The highest BCUT2D eigenvalue weighted by molar-refractivity contribution is 6.33. The molecule has 0 bridgehead atoms. The van der Waals surface area contributed by atoms with Crippen molar-refractivity contribution >= 4 is 23.3 Å². The van der Waals surface area contributed by atoms with Crippen molar-refractivity contribution in [1.29, 1.82) is 0 Å². The van der Waals surface area contributed by atoms with E-state index in [2.05, 4.69) is 0 Å². The van der Waals surface area contributed by atoms with Crippen LogP contribution in [-0.2, 0) is 4.74 Å². The van der Waals surface area contributed by atoms with Crippen LogP contribution in [0.4, 0.5) is 5.69 Å². The molecule has 2 aromatic rings. The second kappa shape index (κ2) is 6.99. The van der Waals surface area contributed by atoms with Crippen LogP contribution in [0.25, 0.3) is 0 Å². The van der Waals surface area contributed by atoms with Gasteiger partial charge in [-0.1, -0.05) is 29.8 Å². The second-order valence-electron chi connectivity index (χ2n) is 4.49. The van der Waals surface area contributed by atoms with Crippen LogP contribution in [0.15, 0.2) is 42.5 Å². The Hall–Kier alpha value is -2.20. The van der Waals surface area contributed by atoms with Gasteiger partial charge in [0.2, 0.25) is 0 Å². The minimum Gasteiger partial charge on any atom is -0.490 e. The van der Waals surface area contributed by atoms with Crippen molar-refractivity contribution in [1.82, 2.24) is 0 Å². The molecule has 0 saturated heterocycles. The Kier molecular flexibility index (Phi) is 5.06. The first kappa shape index (κ1) is 15.2. The van der Waals surface area contributed by atoms with E-state index in [-0.39, 0.29) is 6.61 Å². The zero-order valence-electron chi connectivity index (χ0n) is 11.6.